The van der Waals surface area contributed by atoms with Crippen LogP contribution in [-0.4, -0.2) is 31.4 Å². The predicted octanol–water partition coefficient (Wildman–Crippen LogP) is 2.63. The van der Waals surface area contributed by atoms with Crippen LogP contribution in [0.2, 0.25) is 0 Å². The summed E-state index contributed by atoms with van der Waals surface area (Å²) in [5.74, 6) is -0.784. The van der Waals surface area contributed by atoms with Crippen LogP contribution >= 0.6 is 23.1 Å². The molecule has 0 radical (unpaired) electrons. The Bertz CT molecular complexity index is 592. The molecule has 0 unspecified atom stereocenters. The zero-order valence-corrected chi connectivity index (χ0v) is 13.1. The topological polar surface area (TPSA) is 68.0 Å². The van der Waals surface area contributed by atoms with Crippen LogP contribution in [0.1, 0.15) is 23.3 Å². The van der Waals surface area contributed by atoms with Gasteiger partial charge in [0.2, 0.25) is 0 Å². The Morgan fingerprint density at radius 2 is 2.35 bits per heavy atom. The predicted molar refractivity (Wildman–Crippen MR) is 80.5 cm³/mol. The second kappa shape index (κ2) is 6.90. The van der Waals surface area contributed by atoms with Crippen molar-refractivity contribution in [3.8, 4) is 0 Å². The van der Waals surface area contributed by atoms with E-state index in [4.69, 9.17) is 5.11 Å². The highest BCUT2D eigenvalue weighted by Crippen LogP contribution is 2.20. The third-order valence-electron chi connectivity index (χ3n) is 2.85. The van der Waals surface area contributed by atoms with Crippen LogP contribution in [0, 0.1) is 6.92 Å². The summed E-state index contributed by atoms with van der Waals surface area (Å²) in [5.41, 5.74) is 2.21. The number of imidazole rings is 1. The molecule has 2 rings (SSSR count). The number of rotatable bonds is 7. The SMILES string of the molecule is CCc1cnc(SCC(=O)O)n1CCc1csc(C)n1. The molecule has 1 N–H and O–H groups in total. The fraction of sp³-hybridized carbons (Fsp3) is 0.462. The highest BCUT2D eigenvalue weighted by atomic mass is 32.2. The highest BCUT2D eigenvalue weighted by Gasteiger charge is 2.11. The summed E-state index contributed by atoms with van der Waals surface area (Å²) < 4.78 is 2.10. The van der Waals surface area contributed by atoms with Gasteiger partial charge in [-0.1, -0.05) is 18.7 Å². The number of carbonyl (C=O) groups is 1. The van der Waals surface area contributed by atoms with Gasteiger partial charge in [-0.25, -0.2) is 9.97 Å². The minimum atomic E-state index is -0.822. The van der Waals surface area contributed by atoms with Gasteiger partial charge in [0.25, 0.3) is 0 Å². The number of hydrogen-bond acceptors (Lipinski definition) is 5. The standard InChI is InChI=1S/C13H17N3O2S2/c1-3-11-6-14-13(20-8-12(17)18)16(11)5-4-10-7-19-9(2)15-10/h6-7H,3-5,8H2,1-2H3,(H,17,18). The number of carboxylic acid groups (broad SMARTS) is 1. The minimum Gasteiger partial charge on any atom is -0.481 e. The van der Waals surface area contributed by atoms with Crippen molar-refractivity contribution >= 4 is 29.1 Å². The number of aromatic nitrogens is 3. The van der Waals surface area contributed by atoms with Crippen molar-refractivity contribution in [1.82, 2.24) is 14.5 Å². The molecule has 0 fully saturated rings. The van der Waals surface area contributed by atoms with Crippen molar-refractivity contribution in [2.45, 2.75) is 38.4 Å². The van der Waals surface area contributed by atoms with Gasteiger partial charge in [0.05, 0.1) is 16.5 Å². The van der Waals surface area contributed by atoms with Crippen LogP contribution in [0.15, 0.2) is 16.7 Å². The van der Waals surface area contributed by atoms with Gasteiger partial charge in [0.1, 0.15) is 0 Å². The summed E-state index contributed by atoms with van der Waals surface area (Å²) in [6.07, 6.45) is 3.56. The van der Waals surface area contributed by atoms with Crippen molar-refractivity contribution in [2.75, 3.05) is 5.75 Å². The molecule has 5 nitrogen and oxygen atoms in total. The van der Waals surface area contributed by atoms with E-state index >= 15 is 0 Å². The molecule has 0 saturated carbocycles. The molecule has 0 aromatic carbocycles. The Morgan fingerprint density at radius 3 is 2.95 bits per heavy atom. The number of hydrogen-bond donors (Lipinski definition) is 1. The van der Waals surface area contributed by atoms with Crippen molar-refractivity contribution in [3.63, 3.8) is 0 Å². The maximum absolute atomic E-state index is 10.7. The summed E-state index contributed by atoms with van der Waals surface area (Å²) in [7, 11) is 0. The molecule has 7 heteroatoms. The Labute approximate surface area is 126 Å². The molecule has 0 bridgehead atoms. The quantitative estimate of drug-likeness (QED) is 0.796. The third kappa shape index (κ3) is 3.83. The van der Waals surface area contributed by atoms with Crippen LogP contribution in [0.5, 0.6) is 0 Å². The maximum atomic E-state index is 10.7. The first-order chi connectivity index (χ1) is 9.60. The van der Waals surface area contributed by atoms with Gasteiger partial charge >= 0.3 is 5.97 Å². The average molecular weight is 311 g/mol. The van der Waals surface area contributed by atoms with Crippen molar-refractivity contribution in [1.29, 1.82) is 0 Å². The van der Waals surface area contributed by atoms with Crippen LogP contribution in [0.3, 0.4) is 0 Å². The summed E-state index contributed by atoms with van der Waals surface area (Å²) in [4.78, 5) is 19.5. The number of thioether (sulfide) groups is 1. The Kier molecular flexibility index (Phi) is 5.19. The molecule has 0 aliphatic heterocycles. The largest absolute Gasteiger partial charge is 0.481 e. The first-order valence-corrected chi connectivity index (χ1v) is 8.26. The lowest BCUT2D eigenvalue weighted by molar-refractivity contribution is -0.133. The van der Waals surface area contributed by atoms with Crippen molar-refractivity contribution in [2.24, 2.45) is 0 Å². The molecule has 108 valence electrons. The van der Waals surface area contributed by atoms with Gasteiger partial charge < -0.3 is 9.67 Å². The van der Waals surface area contributed by atoms with Gasteiger partial charge in [0.15, 0.2) is 5.16 Å². The first kappa shape index (κ1) is 15.1. The Hall–Kier alpha value is -1.34. The van der Waals surface area contributed by atoms with Gasteiger partial charge in [-0.15, -0.1) is 11.3 Å². The first-order valence-electron chi connectivity index (χ1n) is 6.40. The summed E-state index contributed by atoms with van der Waals surface area (Å²) in [6.45, 7) is 4.86. The van der Waals surface area contributed by atoms with E-state index in [1.807, 2.05) is 13.1 Å². The lowest BCUT2D eigenvalue weighted by Gasteiger charge is -2.09. The fourth-order valence-electron chi connectivity index (χ4n) is 1.90. The molecule has 2 aromatic heterocycles. The van der Waals surface area contributed by atoms with Gasteiger partial charge in [-0.3, -0.25) is 4.79 Å². The molecule has 0 aliphatic carbocycles. The molecule has 20 heavy (non-hydrogen) atoms. The van der Waals surface area contributed by atoms with Crippen molar-refractivity contribution < 1.29 is 9.90 Å². The van der Waals surface area contributed by atoms with Crippen molar-refractivity contribution in [3.05, 3.63) is 28.0 Å². The molecule has 0 amide bonds. The van der Waals surface area contributed by atoms with E-state index in [-0.39, 0.29) is 5.75 Å². The molecule has 0 spiro atoms. The van der Waals surface area contributed by atoms with E-state index in [2.05, 4.69) is 26.8 Å². The monoisotopic (exact) mass is 311 g/mol. The van der Waals surface area contributed by atoms with E-state index in [0.29, 0.717) is 0 Å². The molecule has 2 aromatic rings. The normalized spacial score (nSPS) is 10.9. The van der Waals surface area contributed by atoms with Crippen LogP contribution in [0.25, 0.3) is 0 Å². The zero-order valence-electron chi connectivity index (χ0n) is 11.5. The van der Waals surface area contributed by atoms with Crippen LogP contribution in [0.4, 0.5) is 0 Å². The van der Waals surface area contributed by atoms with Gasteiger partial charge in [0, 0.05) is 30.2 Å². The van der Waals surface area contributed by atoms with E-state index in [0.717, 1.165) is 40.9 Å². The summed E-state index contributed by atoms with van der Waals surface area (Å²) in [5, 5.41) is 12.7. The van der Waals surface area contributed by atoms with Gasteiger partial charge in [-0.2, -0.15) is 0 Å². The third-order valence-corrected chi connectivity index (χ3v) is 4.64. The summed E-state index contributed by atoms with van der Waals surface area (Å²) in [6, 6.07) is 0. The van der Waals surface area contributed by atoms with Crippen LogP contribution in [-0.2, 0) is 24.2 Å². The Balaban J connectivity index is 2.07. The molecule has 0 saturated heterocycles. The van der Waals surface area contributed by atoms with E-state index < -0.39 is 5.97 Å². The molecule has 0 atom stereocenters. The zero-order chi connectivity index (χ0) is 14.5. The fourth-order valence-corrected chi connectivity index (χ4v) is 3.30. The average Bonchev–Trinajstić information content (AvgIpc) is 2.99. The lowest BCUT2D eigenvalue weighted by atomic mass is 10.3. The number of aryl methyl sites for hydroxylation is 3. The second-order valence-electron chi connectivity index (χ2n) is 4.33. The highest BCUT2D eigenvalue weighted by molar-refractivity contribution is 7.99. The number of thiazole rings is 1. The lowest BCUT2D eigenvalue weighted by Crippen LogP contribution is -2.08. The van der Waals surface area contributed by atoms with E-state index in [9.17, 15) is 4.79 Å². The number of aliphatic carboxylic acids is 1. The smallest absolute Gasteiger partial charge is 0.313 e. The number of nitrogens with zero attached hydrogens (tertiary/aromatic N) is 3. The van der Waals surface area contributed by atoms with E-state index in [1.165, 1.54) is 11.8 Å². The summed E-state index contributed by atoms with van der Waals surface area (Å²) >= 11 is 2.92. The van der Waals surface area contributed by atoms with Gasteiger partial charge in [-0.05, 0) is 13.3 Å². The van der Waals surface area contributed by atoms with Crippen LogP contribution < -0.4 is 0 Å². The molecule has 2 heterocycles. The molecule has 0 aliphatic rings. The minimum absolute atomic E-state index is 0.0377. The maximum Gasteiger partial charge on any atom is 0.313 e. The number of carboxylic acids is 1. The molecular weight excluding hydrogens is 294 g/mol. The molecular formula is C13H17N3O2S2. The Morgan fingerprint density at radius 1 is 1.55 bits per heavy atom. The second-order valence-corrected chi connectivity index (χ2v) is 6.33. The van der Waals surface area contributed by atoms with E-state index in [1.54, 1.807) is 11.3 Å².